The molecule has 2 saturated heterocycles. The van der Waals surface area contributed by atoms with E-state index in [1.807, 2.05) is 18.4 Å². The molecule has 1 aliphatic carbocycles. The Labute approximate surface area is 208 Å². The summed E-state index contributed by atoms with van der Waals surface area (Å²) in [4.78, 5) is 13.3. The van der Waals surface area contributed by atoms with Gasteiger partial charge in [0.05, 0.1) is 29.5 Å². The summed E-state index contributed by atoms with van der Waals surface area (Å²) >= 11 is 1.94. The number of ether oxygens (including phenoxy) is 2. The Morgan fingerprint density at radius 1 is 1.19 bits per heavy atom. The van der Waals surface area contributed by atoms with Crippen molar-refractivity contribution in [3.63, 3.8) is 0 Å². The van der Waals surface area contributed by atoms with E-state index in [1.54, 1.807) is 4.88 Å². The number of aliphatic imine (C=N–C) groups is 1. The molecule has 6 nitrogen and oxygen atoms in total. The molecule has 1 aromatic heterocycles. The van der Waals surface area contributed by atoms with Gasteiger partial charge in [-0.1, -0.05) is 0 Å². The van der Waals surface area contributed by atoms with Crippen LogP contribution in [0.2, 0.25) is 0 Å². The molecule has 1 atom stereocenters. The van der Waals surface area contributed by atoms with Crippen LogP contribution in [0.15, 0.2) is 4.99 Å². The van der Waals surface area contributed by atoms with Gasteiger partial charge in [0.2, 0.25) is 0 Å². The lowest BCUT2D eigenvalue weighted by Crippen LogP contribution is -2.47. The fraction of sp³-hybridized carbons (Fsp3) is 0.826. The van der Waals surface area contributed by atoms with Crippen LogP contribution >= 0.6 is 35.3 Å². The van der Waals surface area contributed by atoms with Crippen molar-refractivity contribution in [2.45, 2.75) is 82.8 Å². The summed E-state index contributed by atoms with van der Waals surface area (Å²) < 4.78 is 11.9. The molecule has 0 aromatic carbocycles. The number of fused-ring (bicyclic) bond motifs is 1. The maximum Gasteiger partial charge on any atom is 0.193 e. The van der Waals surface area contributed by atoms with Crippen LogP contribution in [0.1, 0.15) is 66.9 Å². The number of hydrogen-bond donors (Lipinski definition) is 1. The Morgan fingerprint density at radius 3 is 2.77 bits per heavy atom. The van der Waals surface area contributed by atoms with Crippen LogP contribution in [-0.4, -0.2) is 67.9 Å². The third-order valence-corrected chi connectivity index (χ3v) is 7.70. The summed E-state index contributed by atoms with van der Waals surface area (Å²) in [6, 6.07) is 0. The van der Waals surface area contributed by atoms with E-state index in [0.29, 0.717) is 12.2 Å². The molecule has 0 saturated carbocycles. The molecule has 31 heavy (non-hydrogen) atoms. The molecule has 0 bridgehead atoms. The highest BCUT2D eigenvalue weighted by atomic mass is 127. The molecule has 2 aliphatic heterocycles. The number of halogens is 1. The molecule has 1 unspecified atom stereocenters. The van der Waals surface area contributed by atoms with Gasteiger partial charge in [-0.3, -0.25) is 4.99 Å². The van der Waals surface area contributed by atoms with E-state index in [0.717, 1.165) is 70.9 Å². The van der Waals surface area contributed by atoms with Gasteiger partial charge in [0.25, 0.3) is 0 Å². The number of rotatable bonds is 7. The topological polar surface area (TPSA) is 59.0 Å². The number of aromatic nitrogens is 1. The first-order chi connectivity index (χ1) is 14.8. The Morgan fingerprint density at radius 2 is 2.03 bits per heavy atom. The van der Waals surface area contributed by atoms with Gasteiger partial charge in [-0.25, -0.2) is 4.98 Å². The summed E-state index contributed by atoms with van der Waals surface area (Å²) in [5, 5.41) is 4.88. The minimum atomic E-state index is 0. The minimum Gasteiger partial charge on any atom is -0.376 e. The van der Waals surface area contributed by atoms with Gasteiger partial charge in [0.15, 0.2) is 5.96 Å². The average molecular weight is 563 g/mol. The Kier molecular flexibility index (Phi) is 10.8. The summed E-state index contributed by atoms with van der Waals surface area (Å²) in [7, 11) is 1.89. The first kappa shape index (κ1) is 25.2. The SMILES string of the molecule is CN=C(NCCCc1nc2c(s1)CCCC2)N1CCC(OCC2CCCCO2)CC1.I. The van der Waals surface area contributed by atoms with E-state index < -0.39 is 0 Å². The van der Waals surface area contributed by atoms with Gasteiger partial charge >= 0.3 is 0 Å². The maximum atomic E-state index is 6.15. The number of nitrogens with zero attached hydrogens (tertiary/aromatic N) is 3. The first-order valence-electron chi connectivity index (χ1n) is 12.0. The zero-order valence-corrected chi connectivity index (χ0v) is 22.1. The number of nitrogens with one attached hydrogen (secondary N) is 1. The standard InChI is InChI=1S/C23H38N4O2S.HI/c1-24-23(25-13-6-10-22-26-20-8-2-3-9-21(20)30-22)27-14-11-18(12-15-27)29-17-19-7-4-5-16-28-19;/h18-19H,2-17H2,1H3,(H,24,25);1H. The maximum absolute atomic E-state index is 6.15. The van der Waals surface area contributed by atoms with E-state index in [1.165, 1.54) is 49.2 Å². The third kappa shape index (κ3) is 7.54. The van der Waals surface area contributed by atoms with Crippen molar-refractivity contribution < 1.29 is 9.47 Å². The summed E-state index contributed by atoms with van der Waals surface area (Å²) in [6.07, 6.45) is 13.7. The van der Waals surface area contributed by atoms with Crippen LogP contribution in [-0.2, 0) is 28.7 Å². The zero-order valence-electron chi connectivity index (χ0n) is 18.9. The number of likely N-dealkylation sites (tertiary alicyclic amines) is 1. The highest BCUT2D eigenvalue weighted by molar-refractivity contribution is 14.0. The van der Waals surface area contributed by atoms with Crippen molar-refractivity contribution in [1.82, 2.24) is 15.2 Å². The van der Waals surface area contributed by atoms with E-state index >= 15 is 0 Å². The second-order valence-electron chi connectivity index (χ2n) is 8.77. The van der Waals surface area contributed by atoms with Crippen LogP contribution in [0, 0.1) is 0 Å². The highest BCUT2D eigenvalue weighted by Crippen LogP contribution is 2.27. The Bertz CT molecular complexity index is 662. The predicted molar refractivity (Wildman–Crippen MR) is 138 cm³/mol. The predicted octanol–water partition coefficient (Wildman–Crippen LogP) is 4.20. The lowest BCUT2D eigenvalue weighted by Gasteiger charge is -2.35. The van der Waals surface area contributed by atoms with Crippen LogP contribution < -0.4 is 5.32 Å². The molecule has 0 spiro atoms. The molecule has 8 heteroatoms. The molecule has 4 rings (SSSR count). The summed E-state index contributed by atoms with van der Waals surface area (Å²) in [5.74, 6) is 1.03. The first-order valence-corrected chi connectivity index (χ1v) is 12.8. The van der Waals surface area contributed by atoms with Crippen LogP contribution in [0.3, 0.4) is 0 Å². The fourth-order valence-electron chi connectivity index (χ4n) is 4.70. The lowest BCUT2D eigenvalue weighted by molar-refractivity contribution is -0.0721. The molecule has 1 aromatic rings. The average Bonchev–Trinajstić information content (AvgIpc) is 3.22. The number of thiazole rings is 1. The Balaban J connectivity index is 0.00000272. The molecule has 1 N–H and O–H groups in total. The van der Waals surface area contributed by atoms with Crippen molar-refractivity contribution in [3.05, 3.63) is 15.6 Å². The lowest BCUT2D eigenvalue weighted by atomic mass is 10.0. The largest absolute Gasteiger partial charge is 0.376 e. The van der Waals surface area contributed by atoms with E-state index in [2.05, 4.69) is 15.2 Å². The number of guanidine groups is 1. The molecule has 2 fully saturated rings. The van der Waals surface area contributed by atoms with Gasteiger partial charge in [-0.05, 0) is 64.2 Å². The van der Waals surface area contributed by atoms with Gasteiger partial charge in [-0.2, -0.15) is 0 Å². The third-order valence-electron chi connectivity index (χ3n) is 6.49. The zero-order chi connectivity index (χ0) is 20.6. The van der Waals surface area contributed by atoms with Crippen LogP contribution in [0.5, 0.6) is 0 Å². The van der Waals surface area contributed by atoms with E-state index in [4.69, 9.17) is 14.5 Å². The van der Waals surface area contributed by atoms with Crippen molar-refractivity contribution in [1.29, 1.82) is 0 Å². The number of hydrogen-bond acceptors (Lipinski definition) is 5. The molecule has 176 valence electrons. The van der Waals surface area contributed by atoms with Gasteiger partial charge in [0, 0.05) is 44.6 Å². The van der Waals surface area contributed by atoms with Gasteiger partial charge in [-0.15, -0.1) is 35.3 Å². The Hall–Kier alpha value is -0.450. The smallest absolute Gasteiger partial charge is 0.193 e. The molecular weight excluding hydrogens is 523 g/mol. The van der Waals surface area contributed by atoms with Crippen LogP contribution in [0.25, 0.3) is 0 Å². The second kappa shape index (κ2) is 13.3. The van der Waals surface area contributed by atoms with E-state index in [-0.39, 0.29) is 24.0 Å². The van der Waals surface area contributed by atoms with Crippen molar-refractivity contribution in [3.8, 4) is 0 Å². The quantitative estimate of drug-likeness (QED) is 0.234. The molecule has 3 aliphatic rings. The highest BCUT2D eigenvalue weighted by Gasteiger charge is 2.23. The number of piperidine rings is 1. The minimum absolute atomic E-state index is 0. The van der Waals surface area contributed by atoms with Gasteiger partial charge in [0.1, 0.15) is 0 Å². The van der Waals surface area contributed by atoms with Gasteiger partial charge < -0.3 is 19.7 Å². The molecule has 0 amide bonds. The normalized spacial score (nSPS) is 22.7. The van der Waals surface area contributed by atoms with E-state index in [9.17, 15) is 0 Å². The molecular formula is C23H39IN4O2S. The summed E-state index contributed by atoms with van der Waals surface area (Å²) in [6.45, 7) is 4.63. The van der Waals surface area contributed by atoms with Crippen molar-refractivity contribution in [2.75, 3.05) is 39.9 Å². The fourth-order valence-corrected chi connectivity index (χ4v) is 5.90. The monoisotopic (exact) mass is 562 g/mol. The summed E-state index contributed by atoms with van der Waals surface area (Å²) in [5.41, 5.74) is 1.38. The van der Waals surface area contributed by atoms with Crippen molar-refractivity contribution in [2.24, 2.45) is 4.99 Å². The second-order valence-corrected chi connectivity index (χ2v) is 9.94. The van der Waals surface area contributed by atoms with Crippen LogP contribution in [0.4, 0.5) is 0 Å². The molecule has 3 heterocycles. The molecule has 0 radical (unpaired) electrons. The van der Waals surface area contributed by atoms with Crippen molar-refractivity contribution >= 4 is 41.3 Å². The number of aryl methyl sites for hydroxylation is 3.